The molecule has 0 spiro atoms. The van der Waals surface area contributed by atoms with E-state index in [2.05, 4.69) is 28.4 Å². The number of carbonyl (C=O) groups excluding carboxylic acids is 1. The summed E-state index contributed by atoms with van der Waals surface area (Å²) >= 11 is 0. The van der Waals surface area contributed by atoms with E-state index in [1.54, 1.807) is 6.20 Å². The Morgan fingerprint density at radius 3 is 3.19 bits per heavy atom. The van der Waals surface area contributed by atoms with Gasteiger partial charge in [0.2, 0.25) is 0 Å². The van der Waals surface area contributed by atoms with Gasteiger partial charge in [0.15, 0.2) is 0 Å². The summed E-state index contributed by atoms with van der Waals surface area (Å²) in [6.07, 6.45) is 12.5. The van der Waals surface area contributed by atoms with Gasteiger partial charge in [-0.15, -0.1) is 0 Å². The normalized spacial score (nSPS) is 36.5. The van der Waals surface area contributed by atoms with Crippen LogP contribution in [0.1, 0.15) is 45.4 Å². The molecule has 142 valence electrons. The van der Waals surface area contributed by atoms with Crippen LogP contribution in [-0.2, 0) is 16.1 Å². The van der Waals surface area contributed by atoms with Gasteiger partial charge in [-0.3, -0.25) is 4.79 Å². The quantitative estimate of drug-likeness (QED) is 0.483. The highest BCUT2D eigenvalue weighted by molar-refractivity contribution is 5.75. The van der Waals surface area contributed by atoms with E-state index in [1.807, 2.05) is 12.5 Å². The standard InChI is InChI=1S/C21H31N3O2/c1-15-5-3-6-21(2)12-19-16(11-18(15)21)17(20(25)26-19)13-22-7-4-9-24-10-8-23-14-24/h8,10,14,16-19,22H,1,3-7,9,11-13H2,2H3/t16-,17+,18-,19-,21-/m1/s1. The summed E-state index contributed by atoms with van der Waals surface area (Å²) in [4.78, 5) is 16.5. The second kappa shape index (κ2) is 7.18. The summed E-state index contributed by atoms with van der Waals surface area (Å²) in [5, 5.41) is 3.49. The van der Waals surface area contributed by atoms with E-state index in [0.717, 1.165) is 45.3 Å². The number of nitrogens with one attached hydrogen (secondary N) is 1. The van der Waals surface area contributed by atoms with Gasteiger partial charge in [-0.2, -0.15) is 0 Å². The van der Waals surface area contributed by atoms with Crippen LogP contribution in [0.2, 0.25) is 0 Å². The second-order valence-electron chi connectivity index (χ2n) is 8.76. The highest BCUT2D eigenvalue weighted by atomic mass is 16.6. The van der Waals surface area contributed by atoms with Crippen LogP contribution >= 0.6 is 0 Å². The van der Waals surface area contributed by atoms with Crippen molar-refractivity contribution >= 4 is 5.97 Å². The number of hydrogen-bond donors (Lipinski definition) is 1. The summed E-state index contributed by atoms with van der Waals surface area (Å²) in [6, 6.07) is 0. The maximum Gasteiger partial charge on any atom is 0.310 e. The maximum absolute atomic E-state index is 12.5. The van der Waals surface area contributed by atoms with Gasteiger partial charge in [0.25, 0.3) is 0 Å². The SMILES string of the molecule is C=C1CCC[C@]2(C)C[C@H]3OC(=O)[C@@H](CNCCCn4ccnc4)[C@H]3C[C@H]12. The summed E-state index contributed by atoms with van der Waals surface area (Å²) in [5.74, 6) is 0.940. The topological polar surface area (TPSA) is 56.1 Å². The third kappa shape index (κ3) is 3.34. The minimum absolute atomic E-state index is 0.00696. The van der Waals surface area contributed by atoms with Gasteiger partial charge in [-0.25, -0.2) is 4.98 Å². The molecule has 5 atom stereocenters. The summed E-state index contributed by atoms with van der Waals surface area (Å²) in [5.41, 5.74) is 1.69. The van der Waals surface area contributed by atoms with Gasteiger partial charge in [-0.05, 0) is 56.4 Å². The van der Waals surface area contributed by atoms with Crippen molar-refractivity contribution in [2.24, 2.45) is 23.2 Å². The molecule has 3 fully saturated rings. The minimum Gasteiger partial charge on any atom is -0.462 e. The van der Waals surface area contributed by atoms with Gasteiger partial charge < -0.3 is 14.6 Å². The molecule has 2 saturated carbocycles. The number of carbonyl (C=O) groups is 1. The molecule has 1 aromatic rings. The van der Waals surface area contributed by atoms with Crippen molar-refractivity contribution in [2.45, 2.75) is 58.1 Å². The number of allylic oxidation sites excluding steroid dienone is 1. The number of imidazole rings is 1. The first-order chi connectivity index (χ1) is 12.6. The third-order valence-corrected chi connectivity index (χ3v) is 7.01. The molecule has 0 bridgehead atoms. The van der Waals surface area contributed by atoms with E-state index in [4.69, 9.17) is 4.74 Å². The second-order valence-corrected chi connectivity index (χ2v) is 8.76. The Morgan fingerprint density at radius 1 is 1.50 bits per heavy atom. The van der Waals surface area contributed by atoms with Crippen LogP contribution in [0, 0.1) is 23.2 Å². The molecular formula is C21H31N3O2. The van der Waals surface area contributed by atoms with E-state index < -0.39 is 0 Å². The fourth-order valence-electron chi connectivity index (χ4n) is 5.55. The van der Waals surface area contributed by atoms with Crippen molar-refractivity contribution in [3.05, 3.63) is 30.9 Å². The van der Waals surface area contributed by atoms with Crippen LogP contribution in [0.3, 0.4) is 0 Å². The number of nitrogens with zero attached hydrogens (tertiary/aromatic N) is 2. The van der Waals surface area contributed by atoms with Gasteiger partial charge in [0.05, 0.1) is 12.2 Å². The number of aromatic nitrogens is 2. The molecule has 4 rings (SSSR count). The molecule has 26 heavy (non-hydrogen) atoms. The van der Waals surface area contributed by atoms with Crippen LogP contribution in [0.15, 0.2) is 30.9 Å². The molecule has 0 unspecified atom stereocenters. The Labute approximate surface area is 156 Å². The highest BCUT2D eigenvalue weighted by Crippen LogP contribution is 2.56. The molecule has 3 aliphatic rings. The maximum atomic E-state index is 12.5. The number of aryl methyl sites for hydroxylation is 1. The van der Waals surface area contributed by atoms with Crippen molar-refractivity contribution in [1.29, 1.82) is 0 Å². The average molecular weight is 357 g/mol. The predicted molar refractivity (Wildman–Crippen MR) is 100 cm³/mol. The molecule has 1 aromatic heterocycles. The Balaban J connectivity index is 1.31. The van der Waals surface area contributed by atoms with Crippen LogP contribution in [-0.4, -0.2) is 34.7 Å². The van der Waals surface area contributed by atoms with Gasteiger partial charge >= 0.3 is 5.97 Å². The fraction of sp³-hybridized carbons (Fsp3) is 0.714. The number of hydrogen-bond acceptors (Lipinski definition) is 4. The highest BCUT2D eigenvalue weighted by Gasteiger charge is 2.54. The van der Waals surface area contributed by atoms with Crippen LogP contribution < -0.4 is 5.32 Å². The lowest BCUT2D eigenvalue weighted by Gasteiger charge is -2.50. The Bertz CT molecular complexity index is 656. The van der Waals surface area contributed by atoms with Crippen LogP contribution in [0.25, 0.3) is 0 Å². The molecule has 1 N–H and O–H groups in total. The largest absolute Gasteiger partial charge is 0.462 e. The molecule has 2 aliphatic carbocycles. The van der Waals surface area contributed by atoms with E-state index in [0.29, 0.717) is 11.8 Å². The van der Waals surface area contributed by atoms with Crippen LogP contribution in [0.5, 0.6) is 0 Å². The van der Waals surface area contributed by atoms with Crippen molar-refractivity contribution < 1.29 is 9.53 Å². The summed E-state index contributed by atoms with van der Waals surface area (Å²) < 4.78 is 7.90. The zero-order valence-electron chi connectivity index (χ0n) is 15.8. The molecule has 0 radical (unpaired) electrons. The van der Waals surface area contributed by atoms with Gasteiger partial charge in [0.1, 0.15) is 6.10 Å². The molecule has 1 saturated heterocycles. The Morgan fingerprint density at radius 2 is 2.38 bits per heavy atom. The molecule has 5 heteroatoms. The number of rotatable bonds is 6. The lowest BCUT2D eigenvalue weighted by molar-refractivity contribution is -0.146. The lowest BCUT2D eigenvalue weighted by Crippen LogP contribution is -2.45. The smallest absolute Gasteiger partial charge is 0.310 e. The summed E-state index contributed by atoms with van der Waals surface area (Å²) in [7, 11) is 0. The average Bonchev–Trinajstić information content (AvgIpc) is 3.21. The fourth-order valence-corrected chi connectivity index (χ4v) is 5.55. The van der Waals surface area contributed by atoms with Crippen molar-refractivity contribution in [2.75, 3.05) is 13.1 Å². The molecule has 5 nitrogen and oxygen atoms in total. The van der Waals surface area contributed by atoms with Crippen LogP contribution in [0.4, 0.5) is 0 Å². The third-order valence-electron chi connectivity index (χ3n) is 7.01. The molecule has 0 amide bonds. The number of fused-ring (bicyclic) bond motifs is 2. The zero-order chi connectivity index (χ0) is 18.1. The first-order valence-electron chi connectivity index (χ1n) is 10.1. The van der Waals surface area contributed by atoms with E-state index in [1.165, 1.54) is 18.4 Å². The van der Waals surface area contributed by atoms with Crippen molar-refractivity contribution in [3.8, 4) is 0 Å². The molecule has 0 aromatic carbocycles. The van der Waals surface area contributed by atoms with Crippen molar-refractivity contribution in [3.63, 3.8) is 0 Å². The minimum atomic E-state index is 0.00696. The van der Waals surface area contributed by atoms with Crippen molar-refractivity contribution in [1.82, 2.24) is 14.9 Å². The molecular weight excluding hydrogens is 326 g/mol. The molecule has 2 heterocycles. The Hall–Kier alpha value is -1.62. The first-order valence-corrected chi connectivity index (χ1v) is 10.1. The monoisotopic (exact) mass is 357 g/mol. The first kappa shape index (κ1) is 17.8. The van der Waals surface area contributed by atoms with E-state index >= 15 is 0 Å². The van der Waals surface area contributed by atoms with E-state index in [9.17, 15) is 4.79 Å². The van der Waals surface area contributed by atoms with E-state index in [-0.39, 0.29) is 23.4 Å². The zero-order valence-corrected chi connectivity index (χ0v) is 15.8. The molecule has 1 aliphatic heterocycles. The van der Waals surface area contributed by atoms with Gasteiger partial charge in [0, 0.05) is 31.4 Å². The number of esters is 1. The lowest BCUT2D eigenvalue weighted by atomic mass is 9.55. The Kier molecular flexibility index (Phi) is 4.91. The summed E-state index contributed by atoms with van der Waals surface area (Å²) in [6.45, 7) is 9.35. The predicted octanol–water partition coefficient (Wildman–Crippen LogP) is 3.18. The van der Waals surface area contributed by atoms with Gasteiger partial charge in [-0.1, -0.05) is 19.1 Å². The number of ether oxygens (including phenoxy) is 1.